The third-order valence-electron chi connectivity index (χ3n) is 5.78. The highest BCUT2D eigenvalue weighted by molar-refractivity contribution is 8.03. The molecule has 1 aliphatic carbocycles. The number of carbonyl (C=O) groups excluding carboxylic acids is 1. The lowest BCUT2D eigenvalue weighted by atomic mass is 10.1. The molecule has 1 heterocycles. The number of halogens is 2. The van der Waals surface area contributed by atoms with E-state index >= 15 is 0 Å². The van der Waals surface area contributed by atoms with Crippen LogP contribution in [0.5, 0.6) is 0 Å². The Balaban J connectivity index is 0.00000222. The van der Waals surface area contributed by atoms with Crippen molar-refractivity contribution in [3.05, 3.63) is 74.4 Å². The van der Waals surface area contributed by atoms with Crippen LogP contribution in [0, 0.1) is 5.92 Å². The number of hydrogen-bond acceptors (Lipinski definition) is 6. The smallest absolute Gasteiger partial charge is 0.276 e. The first-order chi connectivity index (χ1) is 17.2. The summed E-state index contributed by atoms with van der Waals surface area (Å²) in [6.07, 6.45) is 8.19. The molecule has 3 rings (SSSR count). The maximum absolute atomic E-state index is 12.5. The van der Waals surface area contributed by atoms with Gasteiger partial charge in [-0.1, -0.05) is 80.9 Å². The molecule has 198 valence electrons. The standard InChI is InChI=1S/C25H31Cl2N3O3S.C2H6/c1-16(2)23-25(34-21-12-19(26)11-20(27)13-21)30(22(15-31)28(23)3)14-17-7-6-8-18(10-9-17)24(32)29(4)33-5;1-2/h7-13,16,22,31H,6,14-15H2,1-5H3;1-2H3. The summed E-state index contributed by atoms with van der Waals surface area (Å²) >= 11 is 14.1. The second-order valence-corrected chi connectivity index (χ2v) is 10.4. The highest BCUT2D eigenvalue weighted by atomic mass is 35.5. The lowest BCUT2D eigenvalue weighted by molar-refractivity contribution is -0.163. The molecule has 36 heavy (non-hydrogen) atoms. The van der Waals surface area contributed by atoms with E-state index in [0.717, 1.165) is 21.2 Å². The van der Waals surface area contributed by atoms with Gasteiger partial charge < -0.3 is 14.9 Å². The lowest BCUT2D eigenvalue weighted by Gasteiger charge is -2.32. The number of aliphatic hydroxyl groups excluding tert-OH is 1. The molecule has 1 aliphatic heterocycles. The summed E-state index contributed by atoms with van der Waals surface area (Å²) in [5.41, 5.74) is 2.78. The summed E-state index contributed by atoms with van der Waals surface area (Å²) in [5.74, 6) is 0.0499. The summed E-state index contributed by atoms with van der Waals surface area (Å²) in [6, 6.07) is 5.51. The number of thioether (sulfide) groups is 1. The minimum Gasteiger partial charge on any atom is -0.392 e. The van der Waals surface area contributed by atoms with Crippen LogP contribution in [0.3, 0.4) is 0 Å². The number of hydroxylamine groups is 2. The number of benzene rings is 1. The van der Waals surface area contributed by atoms with Gasteiger partial charge in [-0.05, 0) is 42.2 Å². The minimum absolute atomic E-state index is 0.0231. The summed E-state index contributed by atoms with van der Waals surface area (Å²) in [5, 5.41) is 13.7. The highest BCUT2D eigenvalue weighted by Crippen LogP contribution is 2.43. The summed E-state index contributed by atoms with van der Waals surface area (Å²) < 4.78 is 0. The second kappa shape index (κ2) is 14.1. The molecule has 9 heteroatoms. The van der Waals surface area contributed by atoms with Gasteiger partial charge in [0.25, 0.3) is 5.91 Å². The maximum atomic E-state index is 12.5. The fourth-order valence-electron chi connectivity index (χ4n) is 4.07. The number of rotatable bonds is 8. The van der Waals surface area contributed by atoms with E-state index < -0.39 is 0 Å². The average Bonchev–Trinajstić information content (AvgIpc) is 2.96. The Labute approximate surface area is 229 Å². The van der Waals surface area contributed by atoms with E-state index in [4.69, 9.17) is 28.0 Å². The molecule has 0 spiro atoms. The van der Waals surface area contributed by atoms with Crippen LogP contribution in [0.15, 0.2) is 69.3 Å². The van der Waals surface area contributed by atoms with Crippen molar-refractivity contribution in [1.29, 1.82) is 0 Å². The van der Waals surface area contributed by atoms with Crippen molar-refractivity contribution < 1.29 is 14.7 Å². The first-order valence-corrected chi connectivity index (χ1v) is 13.6. The summed E-state index contributed by atoms with van der Waals surface area (Å²) in [7, 11) is 5.07. The monoisotopic (exact) mass is 553 g/mol. The van der Waals surface area contributed by atoms with Crippen LogP contribution in [0.2, 0.25) is 10.0 Å². The molecule has 1 amide bonds. The van der Waals surface area contributed by atoms with Crippen molar-refractivity contribution >= 4 is 40.9 Å². The molecule has 1 unspecified atom stereocenters. The van der Waals surface area contributed by atoms with Gasteiger partial charge in [0.15, 0.2) is 0 Å². The average molecular weight is 555 g/mol. The second-order valence-electron chi connectivity index (χ2n) is 8.45. The van der Waals surface area contributed by atoms with Crippen molar-refractivity contribution in [3.63, 3.8) is 0 Å². The summed E-state index contributed by atoms with van der Waals surface area (Å²) in [4.78, 5) is 22.8. The molecule has 0 saturated heterocycles. The van der Waals surface area contributed by atoms with E-state index in [-0.39, 0.29) is 24.6 Å². The van der Waals surface area contributed by atoms with Gasteiger partial charge in [-0.15, -0.1) is 0 Å². The van der Waals surface area contributed by atoms with E-state index in [2.05, 4.69) is 29.7 Å². The molecule has 1 aromatic carbocycles. The van der Waals surface area contributed by atoms with E-state index in [1.54, 1.807) is 24.9 Å². The van der Waals surface area contributed by atoms with E-state index in [1.807, 2.05) is 51.3 Å². The molecule has 0 aromatic heterocycles. The van der Waals surface area contributed by atoms with Crippen LogP contribution in [0.1, 0.15) is 34.1 Å². The maximum Gasteiger partial charge on any atom is 0.276 e. The van der Waals surface area contributed by atoms with E-state index in [0.29, 0.717) is 28.6 Å². The Hall–Kier alpha value is -1.90. The van der Waals surface area contributed by atoms with Gasteiger partial charge in [0.1, 0.15) is 6.17 Å². The Morgan fingerprint density at radius 1 is 1.19 bits per heavy atom. The molecule has 1 N–H and O–H groups in total. The molecule has 1 atom stereocenters. The van der Waals surface area contributed by atoms with Crippen LogP contribution in [0.4, 0.5) is 0 Å². The fourth-order valence-corrected chi connectivity index (χ4v) is 6.11. The molecule has 0 saturated carbocycles. The Bertz CT molecular complexity index is 1030. The zero-order valence-electron chi connectivity index (χ0n) is 22.1. The van der Waals surface area contributed by atoms with E-state index in [9.17, 15) is 9.90 Å². The molecule has 0 bridgehead atoms. The molecular formula is C27H37Cl2N3O3S. The molecule has 0 radical (unpaired) electrons. The Kier molecular flexibility index (Phi) is 11.9. The fraction of sp³-hybridized carbons (Fsp3) is 0.444. The lowest BCUT2D eigenvalue weighted by Crippen LogP contribution is -2.42. The summed E-state index contributed by atoms with van der Waals surface area (Å²) in [6.45, 7) is 8.85. The van der Waals surface area contributed by atoms with Gasteiger partial charge in [0.2, 0.25) is 0 Å². The first kappa shape index (κ1) is 30.3. The van der Waals surface area contributed by atoms with Crippen LogP contribution >= 0.6 is 35.0 Å². The number of aliphatic hydroxyl groups is 1. The Morgan fingerprint density at radius 3 is 2.39 bits per heavy atom. The molecule has 6 nitrogen and oxygen atoms in total. The first-order valence-electron chi connectivity index (χ1n) is 12.0. The highest BCUT2D eigenvalue weighted by Gasteiger charge is 2.37. The predicted molar refractivity (Wildman–Crippen MR) is 151 cm³/mol. The zero-order valence-corrected chi connectivity index (χ0v) is 24.4. The minimum atomic E-state index is -0.208. The van der Waals surface area contributed by atoms with Crippen molar-refractivity contribution in [1.82, 2.24) is 14.9 Å². The third-order valence-corrected chi connectivity index (χ3v) is 7.33. The number of hydrogen-bond donors (Lipinski definition) is 1. The van der Waals surface area contributed by atoms with Gasteiger partial charge in [-0.25, -0.2) is 5.06 Å². The predicted octanol–water partition coefficient (Wildman–Crippen LogP) is 6.34. The quantitative estimate of drug-likeness (QED) is 0.379. The van der Waals surface area contributed by atoms with Crippen molar-refractivity contribution in [2.75, 3.05) is 34.4 Å². The van der Waals surface area contributed by atoms with Gasteiger partial charge >= 0.3 is 0 Å². The molecule has 0 fully saturated rings. The largest absolute Gasteiger partial charge is 0.392 e. The van der Waals surface area contributed by atoms with Crippen LogP contribution in [-0.4, -0.2) is 66.4 Å². The number of nitrogens with zero attached hydrogens (tertiary/aromatic N) is 3. The molecule has 2 aliphatic rings. The van der Waals surface area contributed by atoms with Crippen molar-refractivity contribution in [3.8, 4) is 0 Å². The molecule has 1 aromatic rings. The van der Waals surface area contributed by atoms with Crippen LogP contribution in [-0.2, 0) is 9.63 Å². The van der Waals surface area contributed by atoms with Crippen LogP contribution in [0.25, 0.3) is 0 Å². The SMILES string of the molecule is CC.CON(C)C(=O)C1=CCC=C(CN2C(Sc3cc(Cl)cc(Cl)c3)=C(C(C)C)N(C)C2CO)C=C1. The topological polar surface area (TPSA) is 56.2 Å². The molecular weight excluding hydrogens is 517 g/mol. The normalized spacial score (nSPS) is 17.6. The number of carbonyl (C=O) groups is 1. The van der Waals surface area contributed by atoms with Gasteiger partial charge in [-0.3, -0.25) is 9.63 Å². The van der Waals surface area contributed by atoms with Gasteiger partial charge in [0, 0.05) is 46.9 Å². The van der Waals surface area contributed by atoms with Gasteiger partial charge in [-0.2, -0.15) is 0 Å². The third kappa shape index (κ3) is 7.33. The Morgan fingerprint density at radius 2 is 1.83 bits per heavy atom. The zero-order chi connectivity index (χ0) is 27.0. The number of amides is 1. The van der Waals surface area contributed by atoms with E-state index in [1.165, 1.54) is 12.2 Å². The van der Waals surface area contributed by atoms with Crippen LogP contribution < -0.4 is 0 Å². The van der Waals surface area contributed by atoms with Crippen molar-refractivity contribution in [2.24, 2.45) is 5.92 Å². The number of likely N-dealkylation sites (N-methyl/N-ethyl adjacent to an activating group) is 2. The number of allylic oxidation sites excluding steroid dienone is 3. The van der Waals surface area contributed by atoms with Gasteiger partial charge in [0.05, 0.1) is 18.7 Å². The van der Waals surface area contributed by atoms with Crippen molar-refractivity contribution in [2.45, 2.75) is 45.2 Å².